The number of hydrogen-bond donors (Lipinski definition) is 2. The predicted molar refractivity (Wildman–Crippen MR) is 75.5 cm³/mol. The molecule has 0 bridgehead atoms. The summed E-state index contributed by atoms with van der Waals surface area (Å²) in [6, 6.07) is 0.677. The van der Waals surface area contributed by atoms with E-state index in [2.05, 4.69) is 11.6 Å². The highest BCUT2D eigenvalue weighted by molar-refractivity contribution is 7.98. The van der Waals surface area contributed by atoms with Crippen LogP contribution in [0.15, 0.2) is 0 Å². The van der Waals surface area contributed by atoms with Gasteiger partial charge >= 0.3 is 0 Å². The van der Waals surface area contributed by atoms with E-state index in [1.54, 1.807) is 11.8 Å². The van der Waals surface area contributed by atoms with Crippen LogP contribution in [0.2, 0.25) is 0 Å². The van der Waals surface area contributed by atoms with Gasteiger partial charge in [0.2, 0.25) is 0 Å². The molecule has 2 saturated carbocycles. The SMILES string of the molecule is CSCC(C)(O)CNC1CCC12CCCCC2. The molecule has 0 aromatic carbocycles. The Labute approximate surface area is 110 Å². The summed E-state index contributed by atoms with van der Waals surface area (Å²) in [4.78, 5) is 0. The Hall–Kier alpha value is 0.270. The molecule has 2 N–H and O–H groups in total. The second-order valence-corrected chi connectivity index (χ2v) is 7.19. The summed E-state index contributed by atoms with van der Waals surface area (Å²) in [5.74, 6) is 0.819. The average molecular weight is 257 g/mol. The first-order valence-corrected chi connectivity index (χ1v) is 8.42. The van der Waals surface area contributed by atoms with Gasteiger partial charge in [0.1, 0.15) is 0 Å². The minimum atomic E-state index is -0.551. The molecular formula is C14H27NOS. The number of nitrogens with one attached hydrogen (secondary N) is 1. The Morgan fingerprint density at radius 1 is 1.29 bits per heavy atom. The van der Waals surface area contributed by atoms with Crippen LogP contribution >= 0.6 is 11.8 Å². The van der Waals surface area contributed by atoms with Gasteiger partial charge in [0, 0.05) is 18.3 Å². The summed E-state index contributed by atoms with van der Waals surface area (Å²) in [5.41, 5.74) is 0.0541. The van der Waals surface area contributed by atoms with Crippen LogP contribution in [-0.2, 0) is 0 Å². The lowest BCUT2D eigenvalue weighted by molar-refractivity contribution is 0.00413. The lowest BCUT2D eigenvalue weighted by Gasteiger charge is -2.53. The van der Waals surface area contributed by atoms with Crippen molar-refractivity contribution in [2.24, 2.45) is 5.41 Å². The van der Waals surface area contributed by atoms with E-state index < -0.39 is 5.60 Å². The highest BCUT2D eigenvalue weighted by Crippen LogP contribution is 2.51. The lowest BCUT2D eigenvalue weighted by atomic mass is 9.57. The first-order valence-electron chi connectivity index (χ1n) is 7.03. The van der Waals surface area contributed by atoms with Crippen molar-refractivity contribution >= 4 is 11.8 Å². The van der Waals surface area contributed by atoms with Gasteiger partial charge in [-0.05, 0) is 44.3 Å². The third kappa shape index (κ3) is 3.18. The maximum atomic E-state index is 10.2. The summed E-state index contributed by atoms with van der Waals surface area (Å²) in [6.45, 7) is 2.70. The maximum absolute atomic E-state index is 10.2. The molecule has 0 aromatic heterocycles. The summed E-state index contributed by atoms with van der Waals surface area (Å²) in [5, 5.41) is 13.8. The maximum Gasteiger partial charge on any atom is 0.0833 e. The van der Waals surface area contributed by atoms with Crippen molar-refractivity contribution in [2.75, 3.05) is 18.6 Å². The Morgan fingerprint density at radius 2 is 2.00 bits per heavy atom. The van der Waals surface area contributed by atoms with Gasteiger partial charge in [0.15, 0.2) is 0 Å². The molecule has 3 heteroatoms. The number of hydrogen-bond acceptors (Lipinski definition) is 3. The molecule has 17 heavy (non-hydrogen) atoms. The third-order valence-corrected chi connectivity index (χ3v) is 5.61. The second-order valence-electron chi connectivity index (χ2n) is 6.33. The highest BCUT2D eigenvalue weighted by atomic mass is 32.2. The summed E-state index contributed by atoms with van der Waals surface area (Å²) < 4.78 is 0. The van der Waals surface area contributed by atoms with E-state index in [0.717, 1.165) is 12.3 Å². The summed E-state index contributed by atoms with van der Waals surface area (Å²) in [6.07, 6.45) is 11.9. The van der Waals surface area contributed by atoms with Crippen LogP contribution in [0, 0.1) is 5.41 Å². The van der Waals surface area contributed by atoms with Gasteiger partial charge in [-0.3, -0.25) is 0 Å². The molecular weight excluding hydrogens is 230 g/mol. The Kier molecular flexibility index (Phi) is 4.43. The van der Waals surface area contributed by atoms with Crippen molar-refractivity contribution in [2.45, 2.75) is 63.5 Å². The molecule has 0 aromatic rings. The van der Waals surface area contributed by atoms with Gasteiger partial charge in [0.05, 0.1) is 5.60 Å². The monoisotopic (exact) mass is 257 g/mol. The van der Waals surface area contributed by atoms with E-state index in [1.807, 2.05) is 6.92 Å². The fourth-order valence-electron chi connectivity index (χ4n) is 3.57. The van der Waals surface area contributed by atoms with Crippen LogP contribution in [0.5, 0.6) is 0 Å². The van der Waals surface area contributed by atoms with E-state index in [0.29, 0.717) is 11.5 Å². The van der Waals surface area contributed by atoms with E-state index in [-0.39, 0.29) is 0 Å². The van der Waals surface area contributed by atoms with Crippen molar-refractivity contribution < 1.29 is 5.11 Å². The molecule has 2 aliphatic carbocycles. The number of thioether (sulfide) groups is 1. The van der Waals surface area contributed by atoms with Crippen LogP contribution in [-0.4, -0.2) is 35.3 Å². The molecule has 0 amide bonds. The lowest BCUT2D eigenvalue weighted by Crippen LogP contribution is -2.57. The largest absolute Gasteiger partial charge is 0.388 e. The third-order valence-electron chi connectivity index (χ3n) is 4.70. The fraction of sp³-hybridized carbons (Fsp3) is 1.00. The van der Waals surface area contributed by atoms with Gasteiger partial charge in [-0.25, -0.2) is 0 Å². The normalized spacial score (nSPS) is 30.9. The molecule has 1 spiro atoms. The zero-order chi connectivity index (χ0) is 12.4. The molecule has 0 aliphatic heterocycles. The Bertz CT molecular complexity index is 249. The fourth-order valence-corrected chi connectivity index (χ4v) is 4.30. The van der Waals surface area contributed by atoms with Gasteiger partial charge in [-0.1, -0.05) is 19.3 Å². The molecule has 2 atom stereocenters. The Morgan fingerprint density at radius 3 is 2.53 bits per heavy atom. The van der Waals surface area contributed by atoms with Crippen LogP contribution in [0.1, 0.15) is 51.9 Å². The molecule has 2 fully saturated rings. The van der Waals surface area contributed by atoms with Crippen LogP contribution in [0.25, 0.3) is 0 Å². The van der Waals surface area contributed by atoms with Crippen LogP contribution in [0.3, 0.4) is 0 Å². The molecule has 100 valence electrons. The van der Waals surface area contributed by atoms with E-state index in [9.17, 15) is 5.11 Å². The van der Waals surface area contributed by atoms with Crippen molar-refractivity contribution in [3.05, 3.63) is 0 Å². The minimum Gasteiger partial charge on any atom is -0.388 e. The first-order chi connectivity index (χ1) is 8.08. The quantitative estimate of drug-likeness (QED) is 0.794. The molecule has 2 aliphatic rings. The topological polar surface area (TPSA) is 32.3 Å². The predicted octanol–water partition coefficient (Wildman–Crippen LogP) is 2.80. The number of aliphatic hydroxyl groups is 1. The van der Waals surface area contributed by atoms with Gasteiger partial charge in [0.25, 0.3) is 0 Å². The zero-order valence-corrected chi connectivity index (χ0v) is 12.1. The van der Waals surface area contributed by atoms with Gasteiger partial charge in [-0.15, -0.1) is 0 Å². The van der Waals surface area contributed by atoms with Crippen molar-refractivity contribution in [3.8, 4) is 0 Å². The first kappa shape index (κ1) is 13.7. The Balaban J connectivity index is 1.79. The molecule has 0 saturated heterocycles. The smallest absolute Gasteiger partial charge is 0.0833 e. The molecule has 2 rings (SSSR count). The summed E-state index contributed by atoms with van der Waals surface area (Å²) in [7, 11) is 0. The van der Waals surface area contributed by atoms with Gasteiger partial charge < -0.3 is 10.4 Å². The number of rotatable bonds is 5. The summed E-state index contributed by atoms with van der Waals surface area (Å²) >= 11 is 1.72. The van der Waals surface area contributed by atoms with Crippen molar-refractivity contribution in [3.63, 3.8) is 0 Å². The van der Waals surface area contributed by atoms with E-state index in [4.69, 9.17) is 0 Å². The van der Waals surface area contributed by atoms with Crippen LogP contribution < -0.4 is 5.32 Å². The molecule has 2 nitrogen and oxygen atoms in total. The van der Waals surface area contributed by atoms with E-state index in [1.165, 1.54) is 44.9 Å². The average Bonchev–Trinajstić information content (AvgIpc) is 2.28. The zero-order valence-electron chi connectivity index (χ0n) is 11.3. The van der Waals surface area contributed by atoms with Crippen molar-refractivity contribution in [1.82, 2.24) is 5.32 Å². The minimum absolute atomic E-state index is 0.551. The van der Waals surface area contributed by atoms with Crippen LogP contribution in [0.4, 0.5) is 0 Å². The molecule has 0 radical (unpaired) electrons. The standard InChI is InChI=1S/C14H27NOS/c1-13(16,11-17-2)10-15-12-6-9-14(12)7-4-3-5-8-14/h12,15-16H,3-11H2,1-2H3. The van der Waals surface area contributed by atoms with Gasteiger partial charge in [-0.2, -0.15) is 11.8 Å². The molecule has 2 unspecified atom stereocenters. The van der Waals surface area contributed by atoms with E-state index >= 15 is 0 Å². The highest BCUT2D eigenvalue weighted by Gasteiger charge is 2.46. The molecule has 0 heterocycles. The van der Waals surface area contributed by atoms with Crippen molar-refractivity contribution in [1.29, 1.82) is 0 Å². The second kappa shape index (κ2) is 5.50.